The van der Waals surface area contributed by atoms with E-state index in [9.17, 15) is 0 Å². The molecule has 0 bridgehead atoms. The topological polar surface area (TPSA) is 45.2 Å². The van der Waals surface area contributed by atoms with Crippen LogP contribution in [0.15, 0.2) is 36.9 Å². The molecule has 0 amide bonds. The van der Waals surface area contributed by atoms with E-state index in [1.807, 2.05) is 37.8 Å². The third-order valence-electron chi connectivity index (χ3n) is 5.88. The minimum atomic E-state index is 0.574. The molecule has 2 aromatic heterocycles. The molecule has 0 radical (unpaired) electrons. The van der Waals surface area contributed by atoms with Gasteiger partial charge in [-0.3, -0.25) is 4.98 Å². The van der Waals surface area contributed by atoms with Gasteiger partial charge in [0.1, 0.15) is 0 Å². The molecule has 132 valence electrons. The highest BCUT2D eigenvalue weighted by molar-refractivity contribution is 5.31. The highest BCUT2D eigenvalue weighted by atomic mass is 15.3. The standard InChI is InChI=1S/C20H27N5/c1-16-11-22-19(23-12-16)25-8-5-20(6-9-25)10-18(20)15-24(2)14-17-4-3-7-21-13-17/h3-4,7,11-13,18H,5-6,8-10,14-15H2,1-2H3/t18-/m1/s1. The Bertz CT molecular complexity index is 692. The normalized spacial score (nSPS) is 21.7. The van der Waals surface area contributed by atoms with Crippen molar-refractivity contribution in [2.24, 2.45) is 11.3 Å². The molecule has 2 fully saturated rings. The number of hydrogen-bond donors (Lipinski definition) is 0. The Labute approximate surface area is 150 Å². The molecule has 25 heavy (non-hydrogen) atoms. The molecule has 5 heteroatoms. The van der Waals surface area contributed by atoms with E-state index in [-0.39, 0.29) is 0 Å². The molecular weight excluding hydrogens is 310 g/mol. The number of nitrogens with zero attached hydrogens (tertiary/aromatic N) is 5. The molecule has 5 nitrogen and oxygen atoms in total. The summed E-state index contributed by atoms with van der Waals surface area (Å²) in [5.74, 6) is 1.74. The van der Waals surface area contributed by atoms with Crippen molar-refractivity contribution in [3.8, 4) is 0 Å². The Morgan fingerprint density at radius 2 is 1.96 bits per heavy atom. The third kappa shape index (κ3) is 3.66. The molecular formula is C20H27N5. The fourth-order valence-electron chi connectivity index (χ4n) is 4.25. The highest BCUT2D eigenvalue weighted by Crippen LogP contribution is 2.59. The largest absolute Gasteiger partial charge is 0.341 e. The summed E-state index contributed by atoms with van der Waals surface area (Å²) in [7, 11) is 2.23. The second kappa shape index (κ2) is 6.71. The molecule has 1 saturated heterocycles. The van der Waals surface area contributed by atoms with Crippen LogP contribution in [0, 0.1) is 18.3 Å². The zero-order valence-electron chi connectivity index (χ0n) is 15.2. The third-order valence-corrected chi connectivity index (χ3v) is 5.88. The predicted molar refractivity (Wildman–Crippen MR) is 99.3 cm³/mol. The maximum Gasteiger partial charge on any atom is 0.225 e. The minimum Gasteiger partial charge on any atom is -0.341 e. The van der Waals surface area contributed by atoms with Crippen LogP contribution in [0.5, 0.6) is 0 Å². The van der Waals surface area contributed by atoms with Crippen molar-refractivity contribution in [2.75, 3.05) is 31.6 Å². The summed E-state index contributed by atoms with van der Waals surface area (Å²) < 4.78 is 0. The molecule has 0 N–H and O–H groups in total. The summed E-state index contributed by atoms with van der Waals surface area (Å²) in [6.45, 7) is 6.39. The van der Waals surface area contributed by atoms with Gasteiger partial charge in [0.15, 0.2) is 0 Å². The zero-order chi connectivity index (χ0) is 17.3. The van der Waals surface area contributed by atoms with Crippen molar-refractivity contribution in [3.63, 3.8) is 0 Å². The second-order valence-corrected chi connectivity index (χ2v) is 7.87. The molecule has 1 aliphatic heterocycles. The van der Waals surface area contributed by atoms with Crippen LogP contribution in [0.1, 0.15) is 30.4 Å². The van der Waals surface area contributed by atoms with Gasteiger partial charge in [-0.2, -0.15) is 0 Å². The first kappa shape index (κ1) is 16.5. The summed E-state index contributed by atoms with van der Waals surface area (Å²) in [5.41, 5.74) is 2.99. The fraction of sp³-hybridized carbons (Fsp3) is 0.550. The molecule has 1 saturated carbocycles. The number of piperidine rings is 1. The number of hydrogen-bond acceptors (Lipinski definition) is 5. The van der Waals surface area contributed by atoms with Crippen molar-refractivity contribution < 1.29 is 0 Å². The maximum absolute atomic E-state index is 4.49. The van der Waals surface area contributed by atoms with Crippen LogP contribution in [-0.4, -0.2) is 46.5 Å². The van der Waals surface area contributed by atoms with Crippen LogP contribution in [0.2, 0.25) is 0 Å². The van der Waals surface area contributed by atoms with Crippen molar-refractivity contribution in [2.45, 2.75) is 32.7 Å². The summed E-state index contributed by atoms with van der Waals surface area (Å²) in [6.07, 6.45) is 11.6. The molecule has 0 aromatic carbocycles. The average Bonchev–Trinajstić information content (AvgIpc) is 3.28. The van der Waals surface area contributed by atoms with Gasteiger partial charge in [0.2, 0.25) is 5.95 Å². The SMILES string of the molecule is Cc1cnc(N2CCC3(CC2)C[C@@H]3CN(C)Cc2cccnc2)nc1. The number of rotatable bonds is 5. The van der Waals surface area contributed by atoms with Crippen molar-refractivity contribution in [1.29, 1.82) is 0 Å². The Kier molecular flexibility index (Phi) is 4.42. The molecule has 1 spiro atoms. The van der Waals surface area contributed by atoms with E-state index in [2.05, 4.69) is 37.9 Å². The van der Waals surface area contributed by atoms with Gasteiger partial charge >= 0.3 is 0 Å². The van der Waals surface area contributed by atoms with Crippen LogP contribution in [0.4, 0.5) is 5.95 Å². The number of pyridine rings is 1. The van der Waals surface area contributed by atoms with Gasteiger partial charge in [0, 0.05) is 51.0 Å². The molecule has 4 rings (SSSR count). The predicted octanol–water partition coefficient (Wildman–Crippen LogP) is 2.92. The Morgan fingerprint density at radius 3 is 2.64 bits per heavy atom. The summed E-state index contributed by atoms with van der Waals surface area (Å²) in [5, 5.41) is 0. The monoisotopic (exact) mass is 337 g/mol. The number of anilines is 1. The molecule has 1 atom stereocenters. The van der Waals surface area contributed by atoms with Gasteiger partial charge in [0.05, 0.1) is 0 Å². The van der Waals surface area contributed by atoms with Crippen molar-refractivity contribution in [1.82, 2.24) is 19.9 Å². The Morgan fingerprint density at radius 1 is 1.20 bits per heavy atom. The molecule has 2 aliphatic rings. The molecule has 0 unspecified atom stereocenters. The summed E-state index contributed by atoms with van der Waals surface area (Å²) >= 11 is 0. The lowest BCUT2D eigenvalue weighted by Crippen LogP contribution is -2.37. The number of aryl methyl sites for hydroxylation is 1. The Hall–Kier alpha value is -2.01. The van der Waals surface area contributed by atoms with Gasteiger partial charge in [0.25, 0.3) is 0 Å². The van der Waals surface area contributed by atoms with E-state index in [1.54, 1.807) is 0 Å². The maximum atomic E-state index is 4.49. The van der Waals surface area contributed by atoms with E-state index in [1.165, 1.54) is 31.4 Å². The number of aromatic nitrogens is 3. The first-order valence-electron chi connectivity index (χ1n) is 9.26. The van der Waals surface area contributed by atoms with Gasteiger partial charge in [-0.15, -0.1) is 0 Å². The summed E-state index contributed by atoms with van der Waals surface area (Å²) in [6, 6.07) is 4.18. The van der Waals surface area contributed by atoms with Gasteiger partial charge in [-0.1, -0.05) is 6.07 Å². The van der Waals surface area contributed by atoms with Crippen molar-refractivity contribution >= 4 is 5.95 Å². The lowest BCUT2D eigenvalue weighted by molar-refractivity contribution is 0.264. The van der Waals surface area contributed by atoms with Crippen LogP contribution < -0.4 is 4.90 Å². The quantitative estimate of drug-likeness (QED) is 0.839. The van der Waals surface area contributed by atoms with Gasteiger partial charge in [-0.05, 0) is 61.8 Å². The molecule has 2 aromatic rings. The average molecular weight is 337 g/mol. The van der Waals surface area contributed by atoms with E-state index in [4.69, 9.17) is 0 Å². The van der Waals surface area contributed by atoms with Crippen molar-refractivity contribution in [3.05, 3.63) is 48.0 Å². The van der Waals surface area contributed by atoms with E-state index in [0.717, 1.165) is 37.1 Å². The van der Waals surface area contributed by atoms with Crippen LogP contribution >= 0.6 is 0 Å². The second-order valence-electron chi connectivity index (χ2n) is 7.87. The van der Waals surface area contributed by atoms with Crippen LogP contribution in [0.3, 0.4) is 0 Å². The van der Waals surface area contributed by atoms with E-state index >= 15 is 0 Å². The van der Waals surface area contributed by atoms with Crippen LogP contribution in [0.25, 0.3) is 0 Å². The smallest absolute Gasteiger partial charge is 0.225 e. The van der Waals surface area contributed by atoms with E-state index in [0.29, 0.717) is 5.41 Å². The molecule has 1 aliphatic carbocycles. The first-order valence-corrected chi connectivity index (χ1v) is 9.26. The zero-order valence-corrected chi connectivity index (χ0v) is 15.2. The van der Waals surface area contributed by atoms with E-state index < -0.39 is 0 Å². The Balaban J connectivity index is 1.27. The van der Waals surface area contributed by atoms with Crippen LogP contribution in [-0.2, 0) is 6.54 Å². The van der Waals surface area contributed by atoms with Gasteiger partial charge < -0.3 is 9.80 Å². The lowest BCUT2D eigenvalue weighted by Gasteiger charge is -2.33. The lowest BCUT2D eigenvalue weighted by atomic mass is 9.91. The minimum absolute atomic E-state index is 0.574. The fourth-order valence-corrected chi connectivity index (χ4v) is 4.25. The highest BCUT2D eigenvalue weighted by Gasteiger charge is 2.54. The summed E-state index contributed by atoms with van der Waals surface area (Å²) in [4.78, 5) is 18.0. The van der Waals surface area contributed by atoms with Gasteiger partial charge in [-0.25, -0.2) is 9.97 Å². The molecule has 3 heterocycles. The first-order chi connectivity index (χ1) is 12.1.